The molecule has 1 atom stereocenters. The maximum atomic E-state index is 13.2. The van der Waals surface area contributed by atoms with Crippen LogP contribution in [0, 0.1) is 13.8 Å². The van der Waals surface area contributed by atoms with Crippen molar-refractivity contribution in [3.8, 4) is 0 Å². The number of nitrogens with one attached hydrogen (secondary N) is 2. The first kappa shape index (κ1) is 21.6. The Morgan fingerprint density at radius 1 is 0.938 bits per heavy atom. The van der Waals surface area contributed by atoms with Gasteiger partial charge in [-0.3, -0.25) is 4.79 Å². The summed E-state index contributed by atoms with van der Waals surface area (Å²) < 4.78 is 0. The molecule has 4 heteroatoms. The molecule has 0 saturated heterocycles. The Morgan fingerprint density at radius 3 is 2.47 bits per heavy atom. The molecule has 4 nitrogen and oxygen atoms in total. The first-order valence-electron chi connectivity index (χ1n) is 11.1. The van der Waals surface area contributed by atoms with Crippen LogP contribution in [-0.4, -0.2) is 16.9 Å². The van der Waals surface area contributed by atoms with E-state index in [4.69, 9.17) is 4.98 Å². The molecule has 1 amide bonds. The summed E-state index contributed by atoms with van der Waals surface area (Å²) in [5.74, 6) is 0.589. The van der Waals surface area contributed by atoms with Crippen LogP contribution in [0.1, 0.15) is 40.4 Å². The third-order valence-electron chi connectivity index (χ3n) is 5.69. The molecule has 1 unspecified atom stereocenters. The molecule has 2 N–H and O–H groups in total. The molecule has 0 radical (unpaired) electrons. The van der Waals surface area contributed by atoms with Crippen molar-refractivity contribution in [1.29, 1.82) is 0 Å². The molecule has 0 spiro atoms. The van der Waals surface area contributed by atoms with Crippen molar-refractivity contribution in [2.75, 3.05) is 5.32 Å². The molecular weight excluding hydrogens is 394 g/mol. The molecule has 1 heterocycles. The summed E-state index contributed by atoms with van der Waals surface area (Å²) in [6, 6.07) is 26.3. The molecular formula is C28H29N3O. The number of pyridine rings is 1. The van der Waals surface area contributed by atoms with Gasteiger partial charge in [0.25, 0.3) is 5.91 Å². The summed E-state index contributed by atoms with van der Waals surface area (Å²) in [6.45, 7) is 6.20. The molecule has 4 aromatic rings. The Balaban J connectivity index is 1.55. The van der Waals surface area contributed by atoms with E-state index in [0.29, 0.717) is 11.4 Å². The normalized spacial score (nSPS) is 11.8. The summed E-state index contributed by atoms with van der Waals surface area (Å²) in [6.07, 6.45) is 1.81. The standard InChI is InChI=1S/C28H29N3O/c1-19-13-16-25(20(2)17-19)30-27-18-24(23-11-7-8-12-26(23)31-27)28(32)29-21(3)14-15-22-9-5-4-6-10-22/h4-13,16-18,21H,14-15H2,1-3H3,(H,29,32)(H,30,31). The van der Waals surface area contributed by atoms with Gasteiger partial charge in [0.1, 0.15) is 5.82 Å². The van der Waals surface area contributed by atoms with Crippen LogP contribution < -0.4 is 10.6 Å². The predicted octanol–water partition coefficient (Wildman–Crippen LogP) is 6.35. The van der Waals surface area contributed by atoms with Crippen molar-refractivity contribution in [2.45, 2.75) is 39.7 Å². The second kappa shape index (κ2) is 9.65. The second-order valence-electron chi connectivity index (χ2n) is 8.41. The van der Waals surface area contributed by atoms with Crippen LogP contribution in [0.15, 0.2) is 78.9 Å². The number of fused-ring (bicyclic) bond motifs is 1. The lowest BCUT2D eigenvalue weighted by molar-refractivity contribution is 0.0940. The topological polar surface area (TPSA) is 54.0 Å². The van der Waals surface area contributed by atoms with E-state index in [0.717, 1.165) is 35.0 Å². The highest BCUT2D eigenvalue weighted by atomic mass is 16.1. The average Bonchev–Trinajstić information content (AvgIpc) is 2.79. The van der Waals surface area contributed by atoms with Gasteiger partial charge in [-0.15, -0.1) is 0 Å². The highest BCUT2D eigenvalue weighted by molar-refractivity contribution is 6.07. The van der Waals surface area contributed by atoms with Crippen LogP contribution in [0.3, 0.4) is 0 Å². The van der Waals surface area contributed by atoms with Crippen LogP contribution in [-0.2, 0) is 6.42 Å². The van der Waals surface area contributed by atoms with E-state index < -0.39 is 0 Å². The Hall–Kier alpha value is -3.66. The van der Waals surface area contributed by atoms with Crippen molar-refractivity contribution in [1.82, 2.24) is 10.3 Å². The first-order valence-corrected chi connectivity index (χ1v) is 11.1. The van der Waals surface area contributed by atoms with Gasteiger partial charge >= 0.3 is 0 Å². The van der Waals surface area contributed by atoms with E-state index in [1.807, 2.05) is 54.6 Å². The summed E-state index contributed by atoms with van der Waals surface area (Å²) in [7, 11) is 0. The van der Waals surface area contributed by atoms with Crippen LogP contribution in [0.5, 0.6) is 0 Å². The number of aromatic nitrogens is 1. The minimum absolute atomic E-state index is 0.0605. The van der Waals surface area contributed by atoms with Crippen molar-refractivity contribution in [3.63, 3.8) is 0 Å². The van der Waals surface area contributed by atoms with Gasteiger partial charge < -0.3 is 10.6 Å². The molecule has 32 heavy (non-hydrogen) atoms. The number of aryl methyl sites for hydroxylation is 3. The fourth-order valence-electron chi connectivity index (χ4n) is 3.92. The van der Waals surface area contributed by atoms with Crippen molar-refractivity contribution < 1.29 is 4.79 Å². The van der Waals surface area contributed by atoms with Crippen LogP contribution in [0.4, 0.5) is 11.5 Å². The molecule has 0 aliphatic rings. The third-order valence-corrected chi connectivity index (χ3v) is 5.69. The number of hydrogen-bond donors (Lipinski definition) is 2. The number of nitrogens with zero attached hydrogens (tertiary/aromatic N) is 1. The fraction of sp³-hybridized carbons (Fsp3) is 0.214. The highest BCUT2D eigenvalue weighted by Crippen LogP contribution is 2.25. The number of amides is 1. The zero-order chi connectivity index (χ0) is 22.5. The quantitative estimate of drug-likeness (QED) is 0.364. The first-order chi connectivity index (χ1) is 15.5. The number of anilines is 2. The molecule has 0 aliphatic carbocycles. The summed E-state index contributed by atoms with van der Waals surface area (Å²) in [5.41, 5.74) is 6.05. The van der Waals surface area contributed by atoms with Gasteiger partial charge in [-0.2, -0.15) is 0 Å². The van der Waals surface area contributed by atoms with E-state index in [2.05, 4.69) is 55.7 Å². The van der Waals surface area contributed by atoms with Gasteiger partial charge in [-0.1, -0.05) is 66.2 Å². The Morgan fingerprint density at radius 2 is 1.69 bits per heavy atom. The number of rotatable bonds is 7. The molecule has 0 bridgehead atoms. The lowest BCUT2D eigenvalue weighted by atomic mass is 10.0. The van der Waals surface area contributed by atoms with Gasteiger partial charge in [0.15, 0.2) is 0 Å². The Bertz CT molecular complexity index is 1230. The minimum atomic E-state index is -0.0761. The van der Waals surface area contributed by atoms with Gasteiger partial charge in [-0.05, 0) is 62.9 Å². The third kappa shape index (κ3) is 5.14. The summed E-state index contributed by atoms with van der Waals surface area (Å²) >= 11 is 0. The summed E-state index contributed by atoms with van der Waals surface area (Å²) in [4.78, 5) is 18.0. The highest BCUT2D eigenvalue weighted by Gasteiger charge is 2.16. The lowest BCUT2D eigenvalue weighted by Gasteiger charge is -2.16. The number of carbonyl (C=O) groups excluding carboxylic acids is 1. The van der Waals surface area contributed by atoms with E-state index in [-0.39, 0.29) is 11.9 Å². The maximum Gasteiger partial charge on any atom is 0.252 e. The molecule has 0 aliphatic heterocycles. The molecule has 1 aromatic heterocycles. The average molecular weight is 424 g/mol. The molecule has 0 fully saturated rings. The second-order valence-corrected chi connectivity index (χ2v) is 8.41. The fourth-order valence-corrected chi connectivity index (χ4v) is 3.92. The van der Waals surface area contributed by atoms with Gasteiger partial charge in [0.05, 0.1) is 11.1 Å². The number of benzene rings is 3. The van der Waals surface area contributed by atoms with Gasteiger partial charge in [0, 0.05) is 17.1 Å². The number of carbonyl (C=O) groups is 1. The van der Waals surface area contributed by atoms with E-state index in [9.17, 15) is 4.79 Å². The summed E-state index contributed by atoms with van der Waals surface area (Å²) in [5, 5.41) is 7.42. The molecule has 0 saturated carbocycles. The minimum Gasteiger partial charge on any atom is -0.350 e. The van der Waals surface area contributed by atoms with Crippen molar-refractivity contribution in [2.24, 2.45) is 0 Å². The van der Waals surface area contributed by atoms with E-state index >= 15 is 0 Å². The number of para-hydroxylation sites is 1. The SMILES string of the molecule is Cc1ccc(Nc2cc(C(=O)NC(C)CCc3ccccc3)c3ccccc3n2)c(C)c1. The molecule has 3 aromatic carbocycles. The van der Waals surface area contributed by atoms with Gasteiger partial charge in [-0.25, -0.2) is 4.98 Å². The smallest absolute Gasteiger partial charge is 0.252 e. The lowest BCUT2D eigenvalue weighted by Crippen LogP contribution is -2.33. The zero-order valence-electron chi connectivity index (χ0n) is 18.9. The number of hydrogen-bond acceptors (Lipinski definition) is 3. The Labute approximate surface area is 189 Å². The molecule has 162 valence electrons. The maximum absolute atomic E-state index is 13.2. The Kier molecular flexibility index (Phi) is 6.50. The van der Waals surface area contributed by atoms with E-state index in [1.54, 1.807) is 0 Å². The van der Waals surface area contributed by atoms with Crippen molar-refractivity contribution in [3.05, 3.63) is 101 Å². The predicted molar refractivity (Wildman–Crippen MR) is 133 cm³/mol. The van der Waals surface area contributed by atoms with Crippen LogP contribution in [0.2, 0.25) is 0 Å². The van der Waals surface area contributed by atoms with Crippen molar-refractivity contribution >= 4 is 28.3 Å². The zero-order valence-corrected chi connectivity index (χ0v) is 18.9. The van der Waals surface area contributed by atoms with E-state index in [1.165, 1.54) is 11.1 Å². The monoisotopic (exact) mass is 423 g/mol. The van der Waals surface area contributed by atoms with Gasteiger partial charge in [0.2, 0.25) is 0 Å². The largest absolute Gasteiger partial charge is 0.350 e. The van der Waals surface area contributed by atoms with Crippen LogP contribution >= 0.6 is 0 Å². The van der Waals surface area contributed by atoms with Crippen LogP contribution in [0.25, 0.3) is 10.9 Å². The molecule has 4 rings (SSSR count).